The Bertz CT molecular complexity index is 927. The average molecular weight is 506 g/mol. The summed E-state index contributed by atoms with van der Waals surface area (Å²) >= 11 is 3.60. The second-order valence-corrected chi connectivity index (χ2v) is 7.30. The molecule has 1 N–H and O–H groups in total. The zero-order valence-corrected chi connectivity index (χ0v) is 18.7. The third-order valence-electron chi connectivity index (χ3n) is 5.03. The molecule has 0 amide bonds. The topological polar surface area (TPSA) is 55.0 Å². The summed E-state index contributed by atoms with van der Waals surface area (Å²) in [7, 11) is 0. The van der Waals surface area contributed by atoms with Crippen molar-refractivity contribution >= 4 is 38.7 Å². The van der Waals surface area contributed by atoms with Crippen LogP contribution < -0.4 is 4.74 Å². The molecule has 28 heavy (non-hydrogen) atoms. The normalized spacial score (nSPS) is 14.1. The maximum absolute atomic E-state index is 12.3. The highest BCUT2D eigenvalue weighted by Crippen LogP contribution is 2.35. The lowest BCUT2D eigenvalue weighted by molar-refractivity contribution is 0.0972. The molecule has 1 aliphatic rings. The second kappa shape index (κ2) is 9.52. The Morgan fingerprint density at radius 2 is 1.96 bits per heavy atom. The van der Waals surface area contributed by atoms with Gasteiger partial charge in [0.25, 0.3) is 0 Å². The Morgan fingerprint density at radius 1 is 1.14 bits per heavy atom. The SMILES string of the molecule is Br.O=C1CCCc2c1ccc(O[C@@H](Cc1ncc[nH]1)c1ccccc1)c2CBr. The third-order valence-corrected chi connectivity index (χ3v) is 5.59. The summed E-state index contributed by atoms with van der Waals surface area (Å²) in [4.78, 5) is 19.8. The van der Waals surface area contributed by atoms with Gasteiger partial charge < -0.3 is 9.72 Å². The fourth-order valence-electron chi connectivity index (χ4n) is 3.67. The van der Waals surface area contributed by atoms with Gasteiger partial charge in [0.1, 0.15) is 17.7 Å². The number of alkyl halides is 1. The molecule has 4 nitrogen and oxygen atoms in total. The van der Waals surface area contributed by atoms with E-state index in [1.54, 1.807) is 6.20 Å². The van der Waals surface area contributed by atoms with Crippen molar-refractivity contribution in [2.45, 2.75) is 37.1 Å². The van der Waals surface area contributed by atoms with Gasteiger partial charge in [-0.15, -0.1) is 17.0 Å². The first kappa shape index (κ1) is 20.8. The number of carbonyl (C=O) groups excluding carboxylic acids is 1. The number of aromatic amines is 1. The Hall–Kier alpha value is -1.92. The summed E-state index contributed by atoms with van der Waals surface area (Å²) in [6, 6.07) is 14.0. The van der Waals surface area contributed by atoms with Crippen molar-refractivity contribution in [1.29, 1.82) is 0 Å². The minimum atomic E-state index is -0.160. The zero-order valence-electron chi connectivity index (χ0n) is 15.4. The van der Waals surface area contributed by atoms with Crippen molar-refractivity contribution in [2.75, 3.05) is 0 Å². The average Bonchev–Trinajstić information content (AvgIpc) is 3.21. The van der Waals surface area contributed by atoms with Crippen LogP contribution in [0.5, 0.6) is 5.75 Å². The Kier molecular flexibility index (Phi) is 7.08. The quantitative estimate of drug-likeness (QED) is 0.433. The highest BCUT2D eigenvalue weighted by atomic mass is 79.9. The minimum Gasteiger partial charge on any atom is -0.485 e. The molecule has 0 unspecified atom stereocenters. The Morgan fingerprint density at radius 3 is 2.68 bits per heavy atom. The van der Waals surface area contributed by atoms with E-state index in [4.69, 9.17) is 4.74 Å². The lowest BCUT2D eigenvalue weighted by atomic mass is 9.87. The number of hydrogen-bond donors (Lipinski definition) is 1. The smallest absolute Gasteiger partial charge is 0.163 e. The van der Waals surface area contributed by atoms with Crippen LogP contribution in [-0.4, -0.2) is 15.8 Å². The molecule has 1 heterocycles. The molecule has 3 aromatic rings. The van der Waals surface area contributed by atoms with Gasteiger partial charge in [-0.1, -0.05) is 46.3 Å². The minimum absolute atomic E-state index is 0. The number of nitrogens with one attached hydrogen (secondary N) is 1. The van der Waals surface area contributed by atoms with Crippen molar-refractivity contribution in [2.24, 2.45) is 0 Å². The van der Waals surface area contributed by atoms with E-state index in [0.29, 0.717) is 18.2 Å². The molecule has 2 aromatic carbocycles. The van der Waals surface area contributed by atoms with E-state index >= 15 is 0 Å². The van der Waals surface area contributed by atoms with Gasteiger partial charge in [-0.2, -0.15) is 0 Å². The number of hydrogen-bond acceptors (Lipinski definition) is 3. The lowest BCUT2D eigenvalue weighted by Gasteiger charge is -2.24. The van der Waals surface area contributed by atoms with Crippen molar-refractivity contribution in [3.05, 3.63) is 82.9 Å². The highest BCUT2D eigenvalue weighted by molar-refractivity contribution is 9.08. The molecule has 6 heteroatoms. The van der Waals surface area contributed by atoms with Gasteiger partial charge in [0.15, 0.2) is 5.78 Å². The molecule has 0 spiro atoms. The molecule has 1 aromatic heterocycles. The van der Waals surface area contributed by atoms with Crippen molar-refractivity contribution in [3.8, 4) is 5.75 Å². The lowest BCUT2D eigenvalue weighted by Crippen LogP contribution is -2.16. The number of carbonyl (C=O) groups is 1. The van der Waals surface area contributed by atoms with E-state index in [2.05, 4.69) is 38.0 Å². The van der Waals surface area contributed by atoms with E-state index in [9.17, 15) is 4.79 Å². The molecule has 146 valence electrons. The highest BCUT2D eigenvalue weighted by Gasteiger charge is 2.24. The summed E-state index contributed by atoms with van der Waals surface area (Å²) in [5.41, 5.74) is 4.17. The van der Waals surface area contributed by atoms with Gasteiger partial charge in [-0.25, -0.2) is 4.98 Å². The maximum Gasteiger partial charge on any atom is 0.163 e. The van der Waals surface area contributed by atoms with Crippen LogP contribution in [0.4, 0.5) is 0 Å². The van der Waals surface area contributed by atoms with Crippen LogP contribution in [0.25, 0.3) is 0 Å². The molecule has 0 aliphatic heterocycles. The first-order chi connectivity index (χ1) is 13.3. The molecule has 0 fully saturated rings. The first-order valence-electron chi connectivity index (χ1n) is 9.20. The van der Waals surface area contributed by atoms with E-state index in [1.807, 2.05) is 36.5 Å². The molecule has 4 rings (SSSR count). The van der Waals surface area contributed by atoms with Gasteiger partial charge in [0.05, 0.1) is 0 Å². The number of aromatic nitrogens is 2. The van der Waals surface area contributed by atoms with Gasteiger partial charge in [0, 0.05) is 41.7 Å². The van der Waals surface area contributed by atoms with Gasteiger partial charge in [-0.05, 0) is 36.1 Å². The molecule has 0 bridgehead atoms. The van der Waals surface area contributed by atoms with Gasteiger partial charge >= 0.3 is 0 Å². The summed E-state index contributed by atoms with van der Waals surface area (Å²) in [6.45, 7) is 0. The molecule has 1 atom stereocenters. The molecule has 0 saturated carbocycles. The fraction of sp³-hybridized carbons (Fsp3) is 0.273. The van der Waals surface area contributed by atoms with E-state index in [1.165, 1.54) is 0 Å². The number of halogens is 2. The zero-order chi connectivity index (χ0) is 18.6. The summed E-state index contributed by atoms with van der Waals surface area (Å²) in [5.74, 6) is 1.96. The summed E-state index contributed by atoms with van der Waals surface area (Å²) < 4.78 is 6.50. The van der Waals surface area contributed by atoms with Crippen LogP contribution >= 0.6 is 32.9 Å². The predicted octanol–water partition coefficient (Wildman–Crippen LogP) is 5.76. The third kappa shape index (κ3) is 4.39. The summed E-state index contributed by atoms with van der Waals surface area (Å²) in [6.07, 6.45) is 6.54. The van der Waals surface area contributed by atoms with E-state index in [-0.39, 0.29) is 28.9 Å². The second-order valence-electron chi connectivity index (χ2n) is 6.74. The van der Waals surface area contributed by atoms with Crippen molar-refractivity contribution < 1.29 is 9.53 Å². The number of ketones is 1. The van der Waals surface area contributed by atoms with E-state index < -0.39 is 0 Å². The monoisotopic (exact) mass is 504 g/mol. The number of Topliss-reactive ketones (excluding diaryl/α,β-unsaturated/α-hetero) is 1. The first-order valence-corrected chi connectivity index (χ1v) is 10.3. The Labute approximate surface area is 183 Å². The Balaban J connectivity index is 0.00000225. The van der Waals surface area contributed by atoms with Crippen molar-refractivity contribution in [1.82, 2.24) is 9.97 Å². The number of fused-ring (bicyclic) bond motifs is 1. The standard InChI is InChI=1S/C22H21BrN2O2.BrH/c23-14-18-16-7-4-8-19(26)17(16)9-10-20(18)27-21(13-22-24-11-12-25-22)15-5-2-1-3-6-15;/h1-3,5-6,9-12,21H,4,7-8,13-14H2,(H,24,25);1H/t21-;/m0./s1. The van der Waals surface area contributed by atoms with Crippen LogP contribution in [0.2, 0.25) is 0 Å². The fourth-order valence-corrected chi connectivity index (χ4v) is 4.28. The number of benzene rings is 2. The molecular weight excluding hydrogens is 484 g/mol. The largest absolute Gasteiger partial charge is 0.485 e. The number of ether oxygens (including phenoxy) is 1. The number of imidazole rings is 1. The molecule has 0 radical (unpaired) electrons. The van der Waals surface area contributed by atoms with Crippen LogP contribution in [0.3, 0.4) is 0 Å². The number of rotatable bonds is 6. The maximum atomic E-state index is 12.3. The van der Waals surface area contributed by atoms with Crippen LogP contribution in [-0.2, 0) is 18.2 Å². The van der Waals surface area contributed by atoms with Gasteiger partial charge in [0.2, 0.25) is 0 Å². The van der Waals surface area contributed by atoms with E-state index in [0.717, 1.165) is 46.7 Å². The van der Waals surface area contributed by atoms with Crippen molar-refractivity contribution in [3.63, 3.8) is 0 Å². The van der Waals surface area contributed by atoms with Crippen LogP contribution in [0, 0.1) is 0 Å². The predicted molar refractivity (Wildman–Crippen MR) is 119 cm³/mol. The van der Waals surface area contributed by atoms with Crippen LogP contribution in [0.1, 0.15) is 51.8 Å². The van der Waals surface area contributed by atoms with Crippen LogP contribution in [0.15, 0.2) is 54.9 Å². The summed E-state index contributed by atoms with van der Waals surface area (Å²) in [5, 5.41) is 0.668. The molecule has 1 aliphatic carbocycles. The van der Waals surface area contributed by atoms with Gasteiger partial charge in [-0.3, -0.25) is 4.79 Å². The molecular formula is C22H22Br2N2O2. The number of nitrogens with zero attached hydrogens (tertiary/aromatic N) is 1. The molecule has 0 saturated heterocycles. The number of H-pyrrole nitrogens is 1.